The van der Waals surface area contributed by atoms with Crippen LogP contribution >= 0.6 is 11.3 Å². The molecule has 0 bridgehead atoms. The molecule has 1 atom stereocenters. The van der Waals surface area contributed by atoms with Gasteiger partial charge in [-0.3, -0.25) is 9.08 Å². The first-order valence-electron chi connectivity index (χ1n) is 8.12. The quantitative estimate of drug-likeness (QED) is 0.452. The SMILES string of the molecule is CCNC(=NCc1cn2ccsc2n1)NCC(C)(O)c1cnn(C)c1. The maximum Gasteiger partial charge on any atom is 0.193 e. The number of imidazole rings is 1. The topological polar surface area (TPSA) is 91.8 Å². The second-order valence-electron chi connectivity index (χ2n) is 6.05. The molecule has 3 aromatic rings. The van der Waals surface area contributed by atoms with Crippen LogP contribution in [0, 0.1) is 0 Å². The van der Waals surface area contributed by atoms with E-state index >= 15 is 0 Å². The van der Waals surface area contributed by atoms with E-state index in [4.69, 9.17) is 0 Å². The van der Waals surface area contributed by atoms with Gasteiger partial charge in [0.05, 0.1) is 25.0 Å². The zero-order valence-electron chi connectivity index (χ0n) is 14.6. The van der Waals surface area contributed by atoms with Crippen molar-refractivity contribution >= 4 is 22.3 Å². The van der Waals surface area contributed by atoms with Gasteiger partial charge in [-0.2, -0.15) is 5.10 Å². The lowest BCUT2D eigenvalue weighted by atomic mass is 10.00. The molecule has 0 amide bonds. The van der Waals surface area contributed by atoms with E-state index in [1.807, 2.05) is 42.3 Å². The van der Waals surface area contributed by atoms with Crippen LogP contribution in [-0.2, 0) is 19.2 Å². The van der Waals surface area contributed by atoms with Crippen LogP contribution < -0.4 is 10.6 Å². The summed E-state index contributed by atoms with van der Waals surface area (Å²) in [6, 6.07) is 0. The van der Waals surface area contributed by atoms with Crippen LogP contribution in [0.3, 0.4) is 0 Å². The monoisotopic (exact) mass is 361 g/mol. The van der Waals surface area contributed by atoms with Gasteiger partial charge in [-0.05, 0) is 13.8 Å². The molecule has 0 saturated carbocycles. The first kappa shape index (κ1) is 17.4. The Bertz CT molecular complexity index is 832. The van der Waals surface area contributed by atoms with Gasteiger partial charge in [-0.25, -0.2) is 9.98 Å². The fourth-order valence-corrected chi connectivity index (χ4v) is 3.13. The van der Waals surface area contributed by atoms with Gasteiger partial charge in [0.2, 0.25) is 0 Å². The number of hydrogen-bond donors (Lipinski definition) is 3. The molecule has 3 N–H and O–H groups in total. The summed E-state index contributed by atoms with van der Waals surface area (Å²) in [5.41, 5.74) is 0.623. The third-order valence-corrected chi connectivity index (χ3v) is 4.58. The van der Waals surface area contributed by atoms with Crippen LogP contribution in [0.2, 0.25) is 0 Å². The van der Waals surface area contributed by atoms with Crippen LogP contribution in [0.5, 0.6) is 0 Å². The van der Waals surface area contributed by atoms with Gasteiger partial charge in [0.1, 0.15) is 5.60 Å². The zero-order chi connectivity index (χ0) is 17.9. The summed E-state index contributed by atoms with van der Waals surface area (Å²) in [4.78, 5) is 10.0. The highest BCUT2D eigenvalue weighted by Crippen LogP contribution is 2.18. The molecule has 3 heterocycles. The molecule has 0 fully saturated rings. The van der Waals surface area contributed by atoms with Gasteiger partial charge < -0.3 is 15.7 Å². The van der Waals surface area contributed by atoms with E-state index < -0.39 is 5.60 Å². The smallest absolute Gasteiger partial charge is 0.193 e. The summed E-state index contributed by atoms with van der Waals surface area (Å²) < 4.78 is 3.66. The summed E-state index contributed by atoms with van der Waals surface area (Å²) >= 11 is 1.60. The Hall–Kier alpha value is -2.39. The number of rotatable bonds is 6. The fourth-order valence-electron chi connectivity index (χ4n) is 2.41. The maximum atomic E-state index is 10.7. The average Bonchev–Trinajstić information content (AvgIpc) is 3.26. The maximum absolute atomic E-state index is 10.7. The van der Waals surface area contributed by atoms with Crippen molar-refractivity contribution in [3.05, 3.63) is 41.4 Å². The summed E-state index contributed by atoms with van der Waals surface area (Å²) in [7, 11) is 1.83. The van der Waals surface area contributed by atoms with Crippen molar-refractivity contribution in [1.29, 1.82) is 0 Å². The van der Waals surface area contributed by atoms with Gasteiger partial charge in [0.15, 0.2) is 10.9 Å². The zero-order valence-corrected chi connectivity index (χ0v) is 15.4. The molecule has 1 unspecified atom stereocenters. The minimum absolute atomic E-state index is 0.322. The fraction of sp³-hybridized carbons (Fsp3) is 0.438. The molecule has 0 aliphatic rings. The van der Waals surface area contributed by atoms with Gasteiger partial charge in [0.25, 0.3) is 0 Å². The molecule has 0 radical (unpaired) electrons. The summed E-state index contributed by atoms with van der Waals surface area (Å²) in [6.45, 7) is 5.29. The highest BCUT2D eigenvalue weighted by Gasteiger charge is 2.25. The molecule has 0 aliphatic heterocycles. The van der Waals surface area contributed by atoms with Crippen LogP contribution in [0.1, 0.15) is 25.1 Å². The molecule has 9 heteroatoms. The van der Waals surface area contributed by atoms with Gasteiger partial charge in [0, 0.05) is 43.1 Å². The summed E-state index contributed by atoms with van der Waals surface area (Å²) in [5, 5.41) is 23.1. The molecule has 0 aliphatic carbocycles. The Morgan fingerprint density at radius 3 is 2.92 bits per heavy atom. The first-order valence-corrected chi connectivity index (χ1v) is 9.00. The van der Waals surface area contributed by atoms with E-state index in [1.165, 1.54) is 0 Å². The molecule has 0 spiro atoms. The summed E-state index contributed by atoms with van der Waals surface area (Å²) in [6.07, 6.45) is 7.44. The predicted octanol–water partition coefficient (Wildman–Crippen LogP) is 1.09. The number of aliphatic hydroxyl groups is 1. The van der Waals surface area contributed by atoms with E-state index in [0.29, 0.717) is 19.0 Å². The van der Waals surface area contributed by atoms with E-state index in [2.05, 4.69) is 25.7 Å². The number of aryl methyl sites for hydroxylation is 1. The molecule has 25 heavy (non-hydrogen) atoms. The standard InChI is InChI=1S/C16H23N7OS/c1-4-17-14(18-8-13-10-23-5-6-25-15(23)21-13)19-11-16(2,24)12-7-20-22(3)9-12/h5-7,9-10,24H,4,8,11H2,1-3H3,(H2,17,18,19). The van der Waals surface area contributed by atoms with Crippen molar-refractivity contribution in [2.45, 2.75) is 26.0 Å². The first-order chi connectivity index (χ1) is 12.0. The number of nitrogens with one attached hydrogen (secondary N) is 2. The van der Waals surface area contributed by atoms with Crippen molar-refractivity contribution in [1.82, 2.24) is 29.8 Å². The number of guanidine groups is 1. The van der Waals surface area contributed by atoms with Crippen LogP contribution in [-0.4, -0.2) is 43.3 Å². The largest absolute Gasteiger partial charge is 0.383 e. The second kappa shape index (κ2) is 7.24. The molecule has 8 nitrogen and oxygen atoms in total. The number of hydrogen-bond acceptors (Lipinski definition) is 5. The third kappa shape index (κ3) is 4.18. The molecule has 134 valence electrons. The highest BCUT2D eigenvalue weighted by atomic mass is 32.1. The van der Waals surface area contributed by atoms with E-state index in [9.17, 15) is 5.11 Å². The van der Waals surface area contributed by atoms with Crippen molar-refractivity contribution in [2.24, 2.45) is 12.0 Å². The highest BCUT2D eigenvalue weighted by molar-refractivity contribution is 7.15. The minimum Gasteiger partial charge on any atom is -0.383 e. The molecule has 0 aromatic carbocycles. The molecule has 3 rings (SSSR count). The van der Waals surface area contributed by atoms with Crippen molar-refractivity contribution in [2.75, 3.05) is 13.1 Å². The number of thiazole rings is 1. The van der Waals surface area contributed by atoms with Gasteiger partial charge in [-0.1, -0.05) is 0 Å². The van der Waals surface area contributed by atoms with E-state index in [-0.39, 0.29) is 0 Å². The predicted molar refractivity (Wildman–Crippen MR) is 98.7 cm³/mol. The normalized spacial score (nSPS) is 14.6. The Labute approximate surface area is 150 Å². The lowest BCUT2D eigenvalue weighted by Crippen LogP contribution is -2.44. The second-order valence-corrected chi connectivity index (χ2v) is 6.92. The van der Waals surface area contributed by atoms with Crippen molar-refractivity contribution < 1.29 is 5.11 Å². The number of aliphatic imine (C=N–C) groups is 1. The lowest BCUT2D eigenvalue weighted by molar-refractivity contribution is 0.0616. The van der Waals surface area contributed by atoms with Crippen LogP contribution in [0.15, 0.2) is 35.2 Å². The molecular weight excluding hydrogens is 338 g/mol. The average molecular weight is 361 g/mol. The Balaban J connectivity index is 1.64. The minimum atomic E-state index is -1.04. The molecule has 0 saturated heterocycles. The number of nitrogens with zero attached hydrogens (tertiary/aromatic N) is 5. The van der Waals surface area contributed by atoms with Gasteiger partial charge in [-0.15, -0.1) is 11.3 Å². The van der Waals surface area contributed by atoms with E-state index in [1.54, 1.807) is 29.1 Å². The van der Waals surface area contributed by atoms with Crippen molar-refractivity contribution in [3.8, 4) is 0 Å². The van der Waals surface area contributed by atoms with Gasteiger partial charge >= 0.3 is 0 Å². The number of fused-ring (bicyclic) bond motifs is 1. The lowest BCUT2D eigenvalue weighted by Gasteiger charge is -2.23. The molecule has 3 aromatic heterocycles. The number of aromatic nitrogens is 4. The molecular formula is C16H23N7OS. The van der Waals surface area contributed by atoms with E-state index in [0.717, 1.165) is 22.8 Å². The summed E-state index contributed by atoms with van der Waals surface area (Å²) in [5.74, 6) is 0.642. The Kier molecular flexibility index (Phi) is 5.05. The third-order valence-electron chi connectivity index (χ3n) is 3.81. The Morgan fingerprint density at radius 1 is 1.40 bits per heavy atom. The van der Waals surface area contributed by atoms with Crippen LogP contribution in [0.4, 0.5) is 0 Å². The Morgan fingerprint density at radius 2 is 2.24 bits per heavy atom. The van der Waals surface area contributed by atoms with Crippen LogP contribution in [0.25, 0.3) is 4.96 Å². The van der Waals surface area contributed by atoms with Crippen molar-refractivity contribution in [3.63, 3.8) is 0 Å².